The number of fused-ring (bicyclic) bond motifs is 1. The zero-order chi connectivity index (χ0) is 15.8. The fraction of sp³-hybridized carbons (Fsp3) is 0.333. The van der Waals surface area contributed by atoms with Crippen LogP contribution in [0.25, 0.3) is 16.7 Å². The van der Waals surface area contributed by atoms with Crippen LogP contribution in [0.5, 0.6) is 0 Å². The molecule has 1 aliphatic rings. The highest BCUT2D eigenvalue weighted by Crippen LogP contribution is 2.31. The lowest BCUT2D eigenvalue weighted by atomic mass is 10.1. The molecule has 1 aliphatic heterocycles. The Morgan fingerprint density at radius 2 is 2.26 bits per heavy atom. The zero-order valence-electron chi connectivity index (χ0n) is 12.3. The van der Waals surface area contributed by atoms with Crippen molar-refractivity contribution in [1.29, 1.82) is 0 Å². The van der Waals surface area contributed by atoms with E-state index >= 15 is 0 Å². The van der Waals surface area contributed by atoms with E-state index in [4.69, 9.17) is 4.74 Å². The van der Waals surface area contributed by atoms with E-state index in [9.17, 15) is 10.1 Å². The maximum atomic E-state index is 11.3. The van der Waals surface area contributed by atoms with Crippen LogP contribution < -0.4 is 0 Å². The predicted molar refractivity (Wildman–Crippen MR) is 82.3 cm³/mol. The molecule has 4 rings (SSSR count). The van der Waals surface area contributed by atoms with Crippen LogP contribution in [0.2, 0.25) is 0 Å². The second-order valence-electron chi connectivity index (χ2n) is 5.51. The summed E-state index contributed by atoms with van der Waals surface area (Å²) < 4.78 is 9.27. The highest BCUT2D eigenvalue weighted by molar-refractivity contribution is 5.86. The average Bonchev–Trinajstić information content (AvgIpc) is 3.24. The van der Waals surface area contributed by atoms with Gasteiger partial charge in [0.05, 0.1) is 22.5 Å². The van der Waals surface area contributed by atoms with Crippen molar-refractivity contribution in [2.45, 2.75) is 25.5 Å². The van der Waals surface area contributed by atoms with Crippen molar-refractivity contribution in [3.8, 4) is 5.69 Å². The normalized spacial score (nSPS) is 18.3. The van der Waals surface area contributed by atoms with Gasteiger partial charge in [0.25, 0.3) is 5.69 Å². The van der Waals surface area contributed by atoms with Crippen molar-refractivity contribution in [1.82, 2.24) is 19.3 Å². The first kappa shape index (κ1) is 13.9. The highest BCUT2D eigenvalue weighted by atomic mass is 16.6. The van der Waals surface area contributed by atoms with Gasteiger partial charge in [-0.1, -0.05) is 0 Å². The Labute approximate surface area is 131 Å². The molecule has 0 radical (unpaired) electrons. The quantitative estimate of drug-likeness (QED) is 0.548. The highest BCUT2D eigenvalue weighted by Gasteiger charge is 2.22. The number of rotatable bonds is 3. The fourth-order valence-electron chi connectivity index (χ4n) is 2.96. The molecule has 0 bridgehead atoms. The minimum Gasteiger partial charge on any atom is -0.358 e. The van der Waals surface area contributed by atoms with Gasteiger partial charge < -0.3 is 9.30 Å². The van der Waals surface area contributed by atoms with Crippen molar-refractivity contribution in [2.24, 2.45) is 0 Å². The number of non-ortho nitro benzene ring substituents is 1. The smallest absolute Gasteiger partial charge is 0.273 e. The Kier molecular flexibility index (Phi) is 3.30. The van der Waals surface area contributed by atoms with Crippen LogP contribution in [-0.2, 0) is 4.74 Å². The van der Waals surface area contributed by atoms with Crippen LogP contribution >= 0.6 is 0 Å². The number of nitrogens with zero attached hydrogens (tertiary/aromatic N) is 5. The summed E-state index contributed by atoms with van der Waals surface area (Å²) in [5.41, 5.74) is 1.97. The van der Waals surface area contributed by atoms with E-state index in [1.54, 1.807) is 35.5 Å². The van der Waals surface area contributed by atoms with Crippen LogP contribution in [0.3, 0.4) is 0 Å². The molecule has 1 fully saturated rings. The zero-order valence-corrected chi connectivity index (χ0v) is 12.3. The average molecular weight is 313 g/mol. The largest absolute Gasteiger partial charge is 0.358 e. The second kappa shape index (κ2) is 5.47. The van der Waals surface area contributed by atoms with Gasteiger partial charge in [0.15, 0.2) is 0 Å². The van der Waals surface area contributed by atoms with Gasteiger partial charge in [-0.2, -0.15) is 5.10 Å². The molecule has 8 heteroatoms. The van der Waals surface area contributed by atoms with Crippen molar-refractivity contribution in [3.63, 3.8) is 0 Å². The number of benzene rings is 1. The number of nitro groups is 1. The Hall–Kier alpha value is -2.74. The van der Waals surface area contributed by atoms with Crippen molar-refractivity contribution >= 4 is 16.7 Å². The summed E-state index contributed by atoms with van der Waals surface area (Å²) in [5, 5.41) is 15.5. The van der Waals surface area contributed by atoms with E-state index in [-0.39, 0.29) is 11.9 Å². The molecule has 2 aromatic heterocycles. The number of aromatic nitrogens is 4. The molecule has 118 valence electrons. The van der Waals surface area contributed by atoms with E-state index in [0.29, 0.717) is 23.3 Å². The standard InChI is InChI=1S/C15H15N5O3/c21-20(22)11-8-12-15(13(9-11)19-6-3-5-17-19)16-10-18(12)14-4-1-2-7-23-14/h3,5-6,8-10,14H,1-2,4,7H2. The minimum atomic E-state index is -0.397. The Morgan fingerprint density at radius 1 is 1.35 bits per heavy atom. The number of hydrogen-bond donors (Lipinski definition) is 0. The monoisotopic (exact) mass is 313 g/mol. The van der Waals surface area contributed by atoms with Gasteiger partial charge >= 0.3 is 0 Å². The molecule has 0 N–H and O–H groups in total. The summed E-state index contributed by atoms with van der Waals surface area (Å²) in [6.07, 6.45) is 7.94. The summed E-state index contributed by atoms with van der Waals surface area (Å²) in [6, 6.07) is 4.81. The predicted octanol–water partition coefficient (Wildman–Crippen LogP) is 2.83. The molecule has 0 saturated carbocycles. The molecule has 1 saturated heterocycles. The van der Waals surface area contributed by atoms with Gasteiger partial charge in [0.1, 0.15) is 11.7 Å². The van der Waals surface area contributed by atoms with Gasteiger partial charge in [-0.05, 0) is 25.3 Å². The molecule has 3 aromatic rings. The third kappa shape index (κ3) is 2.36. The number of ether oxygens (including phenoxy) is 1. The maximum Gasteiger partial charge on any atom is 0.273 e. The van der Waals surface area contributed by atoms with E-state index in [2.05, 4.69) is 10.1 Å². The lowest BCUT2D eigenvalue weighted by molar-refractivity contribution is -0.384. The summed E-state index contributed by atoms with van der Waals surface area (Å²) in [5.74, 6) is 0. The van der Waals surface area contributed by atoms with Gasteiger partial charge in [0.2, 0.25) is 0 Å². The fourth-order valence-corrected chi connectivity index (χ4v) is 2.96. The summed E-state index contributed by atoms with van der Waals surface area (Å²) in [4.78, 5) is 15.3. The molecular weight excluding hydrogens is 298 g/mol. The first-order chi connectivity index (χ1) is 11.2. The van der Waals surface area contributed by atoms with Gasteiger partial charge in [-0.3, -0.25) is 10.1 Å². The lowest BCUT2D eigenvalue weighted by Crippen LogP contribution is -2.17. The second-order valence-corrected chi connectivity index (χ2v) is 5.51. The van der Waals surface area contributed by atoms with Crippen molar-refractivity contribution in [3.05, 3.63) is 47.0 Å². The van der Waals surface area contributed by atoms with Gasteiger partial charge in [0, 0.05) is 31.1 Å². The SMILES string of the molecule is O=[N+]([O-])c1cc(-n2cccn2)c2ncn(C3CCCCO3)c2c1. The molecule has 0 spiro atoms. The summed E-state index contributed by atoms with van der Waals surface area (Å²) in [7, 11) is 0. The topological polar surface area (TPSA) is 88.0 Å². The van der Waals surface area contributed by atoms with Crippen molar-refractivity contribution < 1.29 is 9.66 Å². The molecule has 1 atom stereocenters. The maximum absolute atomic E-state index is 11.3. The Balaban J connectivity index is 1.92. The van der Waals surface area contributed by atoms with E-state index < -0.39 is 4.92 Å². The molecule has 0 aliphatic carbocycles. The molecule has 23 heavy (non-hydrogen) atoms. The molecule has 1 aromatic carbocycles. The first-order valence-electron chi connectivity index (χ1n) is 7.50. The number of imidazole rings is 1. The van der Waals surface area contributed by atoms with Gasteiger partial charge in [-0.25, -0.2) is 9.67 Å². The summed E-state index contributed by atoms with van der Waals surface area (Å²) in [6.45, 7) is 0.700. The minimum absolute atomic E-state index is 0.0144. The van der Waals surface area contributed by atoms with Crippen LogP contribution in [0.15, 0.2) is 36.9 Å². The Morgan fingerprint density at radius 3 is 2.96 bits per heavy atom. The van der Waals surface area contributed by atoms with E-state index in [0.717, 1.165) is 19.3 Å². The molecular formula is C15H15N5O3. The van der Waals surface area contributed by atoms with Crippen LogP contribution in [0.4, 0.5) is 5.69 Å². The number of hydrogen-bond acceptors (Lipinski definition) is 5. The molecule has 3 heterocycles. The van der Waals surface area contributed by atoms with Crippen molar-refractivity contribution in [2.75, 3.05) is 6.61 Å². The number of nitro benzene ring substituents is 1. The third-order valence-corrected chi connectivity index (χ3v) is 4.07. The van der Waals surface area contributed by atoms with E-state index in [1.165, 1.54) is 6.07 Å². The first-order valence-corrected chi connectivity index (χ1v) is 7.50. The van der Waals surface area contributed by atoms with Crippen LogP contribution in [0.1, 0.15) is 25.5 Å². The Bertz CT molecular complexity index is 850. The molecule has 8 nitrogen and oxygen atoms in total. The van der Waals surface area contributed by atoms with Crippen LogP contribution in [0, 0.1) is 10.1 Å². The molecule has 0 amide bonds. The molecule has 1 unspecified atom stereocenters. The summed E-state index contributed by atoms with van der Waals surface area (Å²) >= 11 is 0. The van der Waals surface area contributed by atoms with Gasteiger partial charge in [-0.15, -0.1) is 0 Å². The van der Waals surface area contributed by atoms with Crippen LogP contribution in [-0.4, -0.2) is 30.9 Å². The lowest BCUT2D eigenvalue weighted by Gasteiger charge is -2.24. The third-order valence-electron chi connectivity index (χ3n) is 4.07. The van der Waals surface area contributed by atoms with E-state index in [1.807, 2.05) is 4.57 Å².